The predicted octanol–water partition coefficient (Wildman–Crippen LogP) is -4.76. The summed E-state index contributed by atoms with van der Waals surface area (Å²) in [7, 11) is -47.0. The third kappa shape index (κ3) is 8.71. The highest BCUT2D eigenvalue weighted by Gasteiger charge is 2.54. The lowest BCUT2D eigenvalue weighted by molar-refractivity contribution is 0.532. The van der Waals surface area contributed by atoms with Crippen LogP contribution in [0.15, 0.2) is 0 Å². The van der Waals surface area contributed by atoms with Crippen LogP contribution >= 0.6 is 0 Å². The lowest BCUT2D eigenvalue weighted by Gasteiger charge is -2.21. The molecule has 0 aromatic carbocycles. The predicted molar refractivity (Wildman–Crippen MR) is 115 cm³/mol. The van der Waals surface area contributed by atoms with Crippen molar-refractivity contribution in [2.24, 2.45) is 0 Å². The molecule has 0 aliphatic rings. The normalized spacial score (nSPS) is 10.6. The molecule has 0 unspecified atom stereocenters. The minimum Gasteiger partial charge on any atom is -0.456 e. The van der Waals surface area contributed by atoms with Crippen LogP contribution in [-0.4, -0.2) is 111 Å². The average molecular weight is 662 g/mol. The van der Waals surface area contributed by atoms with E-state index in [4.69, 9.17) is 4.12 Å². The van der Waals surface area contributed by atoms with Crippen LogP contribution in [0, 0.1) is 0 Å². The molecule has 13 nitrogen and oxygen atoms in total. The Morgan fingerprint density at radius 3 is 1.16 bits per heavy atom. The van der Waals surface area contributed by atoms with Crippen LogP contribution in [0.4, 0.5) is 0 Å². The van der Waals surface area contributed by atoms with E-state index in [9.17, 15) is 53.5 Å². The van der Waals surface area contributed by atoms with Crippen molar-refractivity contribution in [3.05, 3.63) is 0 Å². The van der Waals surface area contributed by atoms with Gasteiger partial charge >= 0.3 is 93.8 Å². The van der Waals surface area contributed by atoms with Gasteiger partial charge in [0, 0.05) is 0 Å². The first-order valence-electron chi connectivity index (χ1n) is 8.04. The number of hydrogen-bond donors (Lipinski definition) is 0. The molecule has 0 N–H and O–H groups in total. The van der Waals surface area contributed by atoms with Crippen LogP contribution in [0.2, 0.25) is 26.2 Å². The summed E-state index contributed by atoms with van der Waals surface area (Å²) in [4.78, 5) is 0. The lowest BCUT2D eigenvalue weighted by atomic mass is 11.9. The fraction of sp³-hybridized carbons (Fsp3) is 1.00. The van der Waals surface area contributed by atoms with E-state index in [1.54, 1.807) is 13.1 Å². The molecule has 0 bridgehead atoms. The fourth-order valence-corrected chi connectivity index (χ4v) is 139. The van der Waals surface area contributed by atoms with Gasteiger partial charge in [-0.1, -0.05) is 0 Å². The monoisotopic (exact) mass is 661 g/mol. The van der Waals surface area contributed by atoms with Crippen molar-refractivity contribution in [2.75, 3.05) is 0 Å². The van der Waals surface area contributed by atoms with Gasteiger partial charge < -0.3 is 57.7 Å². The van der Waals surface area contributed by atoms with E-state index in [1.165, 1.54) is 13.1 Å². The van der Waals surface area contributed by atoms with Gasteiger partial charge in [-0.15, -0.1) is 0 Å². The zero-order valence-corrected chi connectivity index (χ0v) is 30.5. The highest BCUT2D eigenvalue weighted by atomic mass is 30.1. The Morgan fingerprint density at radius 2 is 0.871 bits per heavy atom. The smallest absolute Gasteiger partial charge is 0.381 e. The summed E-state index contributed by atoms with van der Waals surface area (Å²) in [6.45, 7) is 6.52. The van der Waals surface area contributed by atoms with Crippen molar-refractivity contribution in [1.29, 1.82) is 0 Å². The topological polar surface area (TPSA) is 214 Å². The van der Waals surface area contributed by atoms with Gasteiger partial charge in [-0.2, -0.15) is 0 Å². The Bertz CT molecular complexity index is 988. The van der Waals surface area contributed by atoms with Crippen molar-refractivity contribution in [2.45, 2.75) is 26.2 Å². The van der Waals surface area contributed by atoms with Crippen LogP contribution in [-0.2, 0) is 57.7 Å². The first kappa shape index (κ1) is 31.6. The van der Waals surface area contributed by atoms with E-state index in [-0.39, 0.29) is 0 Å². The van der Waals surface area contributed by atoms with Crippen LogP contribution in [0.3, 0.4) is 0 Å². The van der Waals surface area contributed by atoms with Crippen molar-refractivity contribution >= 4 is 111 Å². The fourth-order valence-electron chi connectivity index (χ4n) is 1.89. The first-order valence-corrected chi connectivity index (χ1v) is 42.1. The zero-order valence-electron chi connectivity index (χ0n) is 16.4. The molecule has 31 heavy (non-hydrogen) atoms. The third-order valence-corrected chi connectivity index (χ3v) is 99.9. The summed E-state index contributed by atoms with van der Waals surface area (Å²) in [5.41, 5.74) is 0. The van der Waals surface area contributed by atoms with Crippen molar-refractivity contribution in [3.63, 3.8) is 0 Å². The largest absolute Gasteiger partial charge is 0.456 e. The molecule has 0 amide bonds. The molecule has 0 saturated heterocycles. The second kappa shape index (κ2) is 13.5. The Balaban J connectivity index is 5.52. The Kier molecular flexibility index (Phi) is 13.7. The highest BCUT2D eigenvalue weighted by Crippen LogP contribution is 2.07. The molecule has 0 spiro atoms. The summed E-state index contributed by atoms with van der Waals surface area (Å²) >= 11 is 0. The standard InChI is InChI=1S/C4H13O13Si14/c1-19(2)17-31(3,4)30(16)29(15)28(14)27(13)26(12)25(11)24(10)23(9)22(8)21(7)20(6)18-5/h19H,1-4H3. The van der Waals surface area contributed by atoms with E-state index < -0.39 is 111 Å². The molecule has 0 atom stereocenters. The van der Waals surface area contributed by atoms with Crippen molar-refractivity contribution in [1.82, 2.24) is 0 Å². The summed E-state index contributed by atoms with van der Waals surface area (Å²) in [6.07, 6.45) is 0. The quantitative estimate of drug-likeness (QED) is 0.160. The molecule has 0 fully saturated rings. The van der Waals surface area contributed by atoms with Crippen molar-refractivity contribution in [3.8, 4) is 0 Å². The molecular weight excluding hydrogens is 649 g/mol. The van der Waals surface area contributed by atoms with E-state index in [2.05, 4.69) is 0 Å². The summed E-state index contributed by atoms with van der Waals surface area (Å²) in [5.74, 6) is 0. The van der Waals surface area contributed by atoms with Gasteiger partial charge in [0.2, 0.25) is 7.83 Å². The molecular formula is C4H13O13Si14. The van der Waals surface area contributed by atoms with Gasteiger partial charge in [-0.25, -0.2) is 0 Å². The van der Waals surface area contributed by atoms with E-state index in [1.807, 2.05) is 0 Å². The van der Waals surface area contributed by atoms with Crippen LogP contribution in [0.25, 0.3) is 0 Å². The van der Waals surface area contributed by atoms with Crippen LogP contribution in [0.1, 0.15) is 0 Å². The molecule has 163 valence electrons. The van der Waals surface area contributed by atoms with Gasteiger partial charge in [-0.05, 0) is 26.2 Å². The molecule has 27 heteroatoms. The highest BCUT2D eigenvalue weighted by molar-refractivity contribution is 7.79. The Morgan fingerprint density at radius 1 is 0.581 bits per heavy atom. The van der Waals surface area contributed by atoms with Crippen LogP contribution < -0.4 is 0 Å². The SMILES string of the molecule is C[SiH](C)O[Si](C)(C)[Si](=O)[Si](=O)[Si](=O)[Si](=O)[Si](=O)[Si](=O)[Si](=O)[Si](=O)[Si](=O)[Si](=O)[Si](=O)[Si]=O. The Hall–Kier alpha value is 0.596. The van der Waals surface area contributed by atoms with Gasteiger partial charge in [0.1, 0.15) is 0 Å². The average Bonchev–Trinajstić information content (AvgIpc) is 2.71. The molecule has 1 radical (unpaired) electrons. The minimum absolute atomic E-state index is 1.49. The Labute approximate surface area is 193 Å². The summed E-state index contributed by atoms with van der Waals surface area (Å²) in [5, 5.41) is 0. The molecule has 0 aromatic rings. The van der Waals surface area contributed by atoms with Gasteiger partial charge in [-0.3, -0.25) is 0 Å². The molecule has 0 aliphatic carbocycles. The molecule has 0 aliphatic heterocycles. The van der Waals surface area contributed by atoms with Gasteiger partial charge in [0.25, 0.3) is 0 Å². The minimum atomic E-state index is -3.97. The zero-order chi connectivity index (χ0) is 24.8. The number of hydrogen-bond acceptors (Lipinski definition) is 13. The molecule has 0 saturated carbocycles. The van der Waals surface area contributed by atoms with E-state index in [0.717, 1.165) is 0 Å². The van der Waals surface area contributed by atoms with Gasteiger partial charge in [0.05, 0.1) is 0 Å². The first-order chi connectivity index (χ1) is 14.0. The van der Waals surface area contributed by atoms with Gasteiger partial charge in [0.15, 0.2) is 9.04 Å². The maximum absolute atomic E-state index is 12.5. The molecule has 0 aromatic heterocycles. The summed E-state index contributed by atoms with van der Waals surface area (Å²) < 4.78 is 149. The summed E-state index contributed by atoms with van der Waals surface area (Å²) in [6, 6.07) is 0. The van der Waals surface area contributed by atoms with Crippen molar-refractivity contribution < 1.29 is 57.7 Å². The maximum atomic E-state index is 12.5. The maximum Gasteiger partial charge on any atom is 0.381 e. The van der Waals surface area contributed by atoms with E-state index >= 15 is 0 Å². The molecule has 0 rings (SSSR count). The second-order valence-electron chi connectivity index (χ2n) is 6.40. The second-order valence-corrected chi connectivity index (χ2v) is 70.6. The third-order valence-electron chi connectivity index (χ3n) is 3.23. The van der Waals surface area contributed by atoms with E-state index in [0.29, 0.717) is 0 Å². The molecule has 0 heterocycles. The number of rotatable bonds is 14. The van der Waals surface area contributed by atoms with Crippen LogP contribution in [0.5, 0.6) is 0 Å². The lowest BCUT2D eigenvalue weighted by Crippen LogP contribution is -2.58.